The summed E-state index contributed by atoms with van der Waals surface area (Å²) >= 11 is 0. The van der Waals surface area contributed by atoms with Crippen molar-refractivity contribution in [1.29, 1.82) is 0 Å². The molecular weight excluding hydrogens is 245 g/mol. The van der Waals surface area contributed by atoms with Crippen molar-refractivity contribution >= 4 is 0 Å². The number of hydrogen-bond acceptors (Lipinski definition) is 2. The first kappa shape index (κ1) is 13.9. The average molecular weight is 255 g/mol. The van der Waals surface area contributed by atoms with Crippen molar-refractivity contribution < 1.29 is 26.7 Å². The third-order valence-electron chi connectivity index (χ3n) is 1.99. The number of hydrogen-bond donors (Lipinski definition) is 1. The van der Waals surface area contributed by atoms with Gasteiger partial charge in [-0.15, -0.1) is 0 Å². The SMILES string of the molecule is NC(OCC(F)(F)C(F)(F)F)c1ccccc1. The van der Waals surface area contributed by atoms with Gasteiger partial charge in [0.2, 0.25) is 0 Å². The van der Waals surface area contributed by atoms with Gasteiger partial charge >= 0.3 is 12.1 Å². The summed E-state index contributed by atoms with van der Waals surface area (Å²) in [5.74, 6) is -4.90. The van der Waals surface area contributed by atoms with Crippen LogP contribution in [0.25, 0.3) is 0 Å². The molecule has 0 aliphatic heterocycles. The van der Waals surface area contributed by atoms with Gasteiger partial charge < -0.3 is 10.5 Å². The molecule has 0 spiro atoms. The molecule has 0 fully saturated rings. The second-order valence-corrected chi connectivity index (χ2v) is 3.34. The monoisotopic (exact) mass is 255 g/mol. The summed E-state index contributed by atoms with van der Waals surface area (Å²) in [4.78, 5) is 0. The lowest BCUT2D eigenvalue weighted by Crippen LogP contribution is -2.41. The van der Waals surface area contributed by atoms with Crippen molar-refractivity contribution in [1.82, 2.24) is 0 Å². The van der Waals surface area contributed by atoms with Gasteiger partial charge in [-0.05, 0) is 5.56 Å². The van der Waals surface area contributed by atoms with E-state index < -0.39 is 24.9 Å². The third kappa shape index (κ3) is 3.64. The van der Waals surface area contributed by atoms with Crippen LogP contribution in [0.4, 0.5) is 22.0 Å². The summed E-state index contributed by atoms with van der Waals surface area (Å²) in [5.41, 5.74) is 5.65. The molecule has 0 saturated heterocycles. The predicted octanol–water partition coefficient (Wildman–Crippen LogP) is 2.86. The Morgan fingerprint density at radius 1 is 1.06 bits per heavy atom. The van der Waals surface area contributed by atoms with Gasteiger partial charge in [0.1, 0.15) is 12.8 Å². The van der Waals surface area contributed by atoms with Crippen LogP contribution in [0.1, 0.15) is 11.8 Å². The van der Waals surface area contributed by atoms with Crippen molar-refractivity contribution in [3.05, 3.63) is 35.9 Å². The maximum atomic E-state index is 12.5. The Kier molecular flexibility index (Phi) is 4.05. The minimum Gasteiger partial charge on any atom is -0.353 e. The molecule has 2 nitrogen and oxygen atoms in total. The Morgan fingerprint density at radius 2 is 1.59 bits per heavy atom. The van der Waals surface area contributed by atoms with Gasteiger partial charge in [0.05, 0.1) is 0 Å². The molecule has 17 heavy (non-hydrogen) atoms. The highest BCUT2D eigenvalue weighted by Gasteiger charge is 2.57. The molecular formula is C10H10F5NO. The topological polar surface area (TPSA) is 35.2 Å². The van der Waals surface area contributed by atoms with Crippen molar-refractivity contribution in [3.8, 4) is 0 Å². The number of rotatable bonds is 4. The molecule has 0 amide bonds. The van der Waals surface area contributed by atoms with Crippen LogP contribution in [-0.4, -0.2) is 18.7 Å². The molecule has 1 aromatic rings. The van der Waals surface area contributed by atoms with Gasteiger partial charge in [-0.2, -0.15) is 22.0 Å². The number of nitrogens with two attached hydrogens (primary N) is 1. The zero-order chi connectivity index (χ0) is 13.1. The van der Waals surface area contributed by atoms with Crippen LogP contribution >= 0.6 is 0 Å². The van der Waals surface area contributed by atoms with E-state index in [2.05, 4.69) is 4.74 Å². The molecule has 7 heteroatoms. The molecule has 0 aromatic heterocycles. The van der Waals surface area contributed by atoms with Crippen LogP contribution in [0.2, 0.25) is 0 Å². The van der Waals surface area contributed by atoms with Crippen LogP contribution in [0.5, 0.6) is 0 Å². The molecule has 0 aliphatic carbocycles. The highest BCUT2D eigenvalue weighted by atomic mass is 19.4. The van der Waals surface area contributed by atoms with Crippen LogP contribution in [0.3, 0.4) is 0 Å². The van der Waals surface area contributed by atoms with Gasteiger partial charge in [0, 0.05) is 0 Å². The lowest BCUT2D eigenvalue weighted by Gasteiger charge is -2.21. The van der Waals surface area contributed by atoms with Gasteiger partial charge in [-0.1, -0.05) is 30.3 Å². The maximum Gasteiger partial charge on any atom is 0.455 e. The summed E-state index contributed by atoms with van der Waals surface area (Å²) < 4.78 is 64.8. The molecule has 0 saturated carbocycles. The van der Waals surface area contributed by atoms with E-state index in [0.29, 0.717) is 5.56 Å². The van der Waals surface area contributed by atoms with Crippen LogP contribution < -0.4 is 5.73 Å². The van der Waals surface area contributed by atoms with E-state index in [1.54, 1.807) is 18.2 Å². The van der Waals surface area contributed by atoms with Gasteiger partial charge in [-0.25, -0.2) is 0 Å². The average Bonchev–Trinajstić information content (AvgIpc) is 2.25. The minimum atomic E-state index is -5.64. The molecule has 1 rings (SSSR count). The zero-order valence-electron chi connectivity index (χ0n) is 8.55. The number of ether oxygens (including phenoxy) is 1. The molecule has 96 valence electrons. The van der Waals surface area contributed by atoms with Crippen molar-refractivity contribution in [2.75, 3.05) is 6.61 Å². The first-order chi connectivity index (χ1) is 7.74. The van der Waals surface area contributed by atoms with Crippen LogP contribution in [0, 0.1) is 0 Å². The van der Waals surface area contributed by atoms with E-state index in [9.17, 15) is 22.0 Å². The fraction of sp³-hybridized carbons (Fsp3) is 0.400. The van der Waals surface area contributed by atoms with Gasteiger partial charge in [0.15, 0.2) is 0 Å². The lowest BCUT2D eigenvalue weighted by atomic mass is 10.2. The predicted molar refractivity (Wildman–Crippen MR) is 50.3 cm³/mol. The smallest absolute Gasteiger partial charge is 0.353 e. The summed E-state index contributed by atoms with van der Waals surface area (Å²) in [6, 6.07) is 7.73. The van der Waals surface area contributed by atoms with E-state index >= 15 is 0 Å². The highest BCUT2D eigenvalue weighted by Crippen LogP contribution is 2.36. The van der Waals surface area contributed by atoms with E-state index in [4.69, 9.17) is 5.73 Å². The molecule has 1 unspecified atom stereocenters. The Morgan fingerprint density at radius 3 is 2.06 bits per heavy atom. The standard InChI is InChI=1S/C10H10F5NO/c11-9(12,10(13,14)15)6-17-8(16)7-4-2-1-3-5-7/h1-5,8H,6,16H2. The molecule has 2 N–H and O–H groups in total. The second-order valence-electron chi connectivity index (χ2n) is 3.34. The molecule has 1 aromatic carbocycles. The molecule has 0 radical (unpaired) electrons. The zero-order valence-corrected chi connectivity index (χ0v) is 8.55. The first-order valence-corrected chi connectivity index (χ1v) is 4.61. The Balaban J connectivity index is 2.58. The largest absolute Gasteiger partial charge is 0.455 e. The van der Waals surface area contributed by atoms with E-state index in [1.165, 1.54) is 12.1 Å². The van der Waals surface area contributed by atoms with Gasteiger partial charge in [0.25, 0.3) is 0 Å². The van der Waals surface area contributed by atoms with Crippen molar-refractivity contribution in [2.45, 2.75) is 18.3 Å². The molecule has 0 bridgehead atoms. The van der Waals surface area contributed by atoms with Gasteiger partial charge in [-0.3, -0.25) is 0 Å². The minimum absolute atomic E-state index is 0.325. The summed E-state index contributed by atoms with van der Waals surface area (Å²) in [7, 11) is 0. The molecule has 0 aliphatic rings. The van der Waals surface area contributed by atoms with E-state index in [0.717, 1.165) is 0 Å². The van der Waals surface area contributed by atoms with Crippen molar-refractivity contribution in [3.63, 3.8) is 0 Å². The van der Waals surface area contributed by atoms with Crippen LogP contribution in [0.15, 0.2) is 30.3 Å². The quantitative estimate of drug-likeness (QED) is 0.663. The van der Waals surface area contributed by atoms with E-state index in [1.807, 2.05) is 0 Å². The number of halogens is 5. The van der Waals surface area contributed by atoms with Crippen molar-refractivity contribution in [2.24, 2.45) is 5.73 Å². The summed E-state index contributed by atoms with van der Waals surface area (Å²) in [5, 5.41) is 0. The summed E-state index contributed by atoms with van der Waals surface area (Å²) in [6.45, 7) is -1.80. The lowest BCUT2D eigenvalue weighted by molar-refractivity contribution is -0.300. The molecule has 0 heterocycles. The Hall–Kier alpha value is -1.21. The fourth-order valence-electron chi connectivity index (χ4n) is 1.02. The second kappa shape index (κ2) is 4.97. The Labute approximate surface area is 94.2 Å². The number of benzene rings is 1. The Bertz CT molecular complexity index is 351. The summed E-state index contributed by atoms with van der Waals surface area (Å²) in [6.07, 6.45) is -6.95. The normalized spacial score (nSPS) is 14.7. The number of alkyl halides is 5. The first-order valence-electron chi connectivity index (χ1n) is 4.61. The fourth-order valence-corrected chi connectivity index (χ4v) is 1.02. The third-order valence-corrected chi connectivity index (χ3v) is 1.99. The van der Waals surface area contributed by atoms with E-state index in [-0.39, 0.29) is 0 Å². The van der Waals surface area contributed by atoms with Crippen LogP contribution in [-0.2, 0) is 4.74 Å². The maximum absolute atomic E-state index is 12.5. The highest BCUT2D eigenvalue weighted by molar-refractivity contribution is 5.16. The molecule has 1 atom stereocenters.